The number of nitrogens with zero attached hydrogens (tertiary/aromatic N) is 1. The topological polar surface area (TPSA) is 12.9 Å². The molecule has 7 aromatic rings. The van der Waals surface area contributed by atoms with Gasteiger partial charge in [-0.2, -0.15) is 0 Å². The molecule has 0 saturated carbocycles. The highest BCUT2D eigenvalue weighted by Crippen LogP contribution is 2.49. The van der Waals surface area contributed by atoms with Crippen LogP contribution in [-0.4, -0.2) is 4.98 Å². The number of hydrogen-bond donors (Lipinski definition) is 0. The summed E-state index contributed by atoms with van der Waals surface area (Å²) in [5.41, 5.74) is 16.9. The van der Waals surface area contributed by atoms with Crippen molar-refractivity contribution >= 4 is 0 Å². The lowest BCUT2D eigenvalue weighted by molar-refractivity contribution is 0.660. The lowest BCUT2D eigenvalue weighted by Crippen LogP contribution is -2.14. The predicted octanol–water partition coefficient (Wildman–Crippen LogP) is 11.7. The Balaban J connectivity index is 1.14. The lowest BCUT2D eigenvalue weighted by atomic mass is 9.82. The van der Waals surface area contributed by atoms with Crippen LogP contribution in [0.3, 0.4) is 0 Å². The minimum atomic E-state index is 0.0192. The molecule has 0 amide bonds. The summed E-state index contributed by atoms with van der Waals surface area (Å²) < 4.78 is 0. The first-order chi connectivity index (χ1) is 22.0. The molecule has 0 aliphatic heterocycles. The van der Waals surface area contributed by atoms with Gasteiger partial charge in [-0.1, -0.05) is 153 Å². The normalized spacial score (nSPS) is 12.8. The maximum absolute atomic E-state index is 5.11. The third kappa shape index (κ3) is 4.87. The van der Waals surface area contributed by atoms with Crippen LogP contribution in [0.5, 0.6) is 0 Å². The number of rotatable bonds is 5. The first kappa shape index (κ1) is 27.0. The first-order valence-electron chi connectivity index (χ1n) is 15.6. The zero-order valence-corrected chi connectivity index (χ0v) is 25.5. The van der Waals surface area contributed by atoms with E-state index in [4.69, 9.17) is 4.98 Å². The third-order valence-corrected chi connectivity index (χ3v) is 9.30. The number of hydrogen-bond acceptors (Lipinski definition) is 1. The zero-order chi connectivity index (χ0) is 30.4. The van der Waals surface area contributed by atoms with Gasteiger partial charge in [-0.3, -0.25) is 0 Å². The minimum absolute atomic E-state index is 0.0192. The smallest absolute Gasteiger partial charge is 0.0715 e. The van der Waals surface area contributed by atoms with E-state index < -0.39 is 0 Å². The summed E-state index contributed by atoms with van der Waals surface area (Å²) in [4.78, 5) is 5.11. The van der Waals surface area contributed by atoms with Gasteiger partial charge in [0.05, 0.1) is 11.4 Å². The molecule has 0 atom stereocenters. The van der Waals surface area contributed by atoms with Crippen molar-refractivity contribution in [2.75, 3.05) is 0 Å². The lowest BCUT2D eigenvalue weighted by Gasteiger charge is -2.21. The molecule has 0 spiro atoms. The van der Waals surface area contributed by atoms with Crippen molar-refractivity contribution < 1.29 is 0 Å². The summed E-state index contributed by atoms with van der Waals surface area (Å²) in [6, 6.07) is 58.9. The summed E-state index contributed by atoms with van der Waals surface area (Å²) in [5.74, 6) is 0. The summed E-state index contributed by atoms with van der Waals surface area (Å²) in [6.07, 6.45) is 0. The molecule has 1 heterocycles. The van der Waals surface area contributed by atoms with Crippen LogP contribution in [0, 0.1) is 0 Å². The quantitative estimate of drug-likeness (QED) is 0.199. The predicted molar refractivity (Wildman–Crippen MR) is 189 cm³/mol. The van der Waals surface area contributed by atoms with Crippen molar-refractivity contribution in [1.82, 2.24) is 4.98 Å². The maximum Gasteiger partial charge on any atom is 0.0715 e. The Morgan fingerprint density at radius 3 is 1.51 bits per heavy atom. The van der Waals surface area contributed by atoms with Gasteiger partial charge in [-0.15, -0.1) is 0 Å². The van der Waals surface area contributed by atoms with Gasteiger partial charge in [-0.25, -0.2) is 4.98 Å². The molecule has 0 saturated heterocycles. The highest BCUT2D eigenvalue weighted by molar-refractivity contribution is 5.85. The fraction of sp³-hybridized carbons (Fsp3) is 0.0682. The largest absolute Gasteiger partial charge is 0.248 e. The van der Waals surface area contributed by atoms with Crippen molar-refractivity contribution in [2.24, 2.45) is 0 Å². The maximum atomic E-state index is 5.11. The molecule has 8 rings (SSSR count). The Kier molecular flexibility index (Phi) is 6.54. The summed E-state index contributed by atoms with van der Waals surface area (Å²) in [5, 5.41) is 0. The van der Waals surface area contributed by atoms with E-state index >= 15 is 0 Å². The highest BCUT2D eigenvalue weighted by Gasteiger charge is 2.35. The molecular formula is C44H33N. The molecular weight excluding hydrogens is 542 g/mol. The average molecular weight is 576 g/mol. The molecule has 1 aliphatic carbocycles. The number of pyridine rings is 1. The number of benzene rings is 6. The van der Waals surface area contributed by atoms with Gasteiger partial charge in [0.1, 0.15) is 0 Å². The molecule has 0 fully saturated rings. The van der Waals surface area contributed by atoms with Crippen LogP contribution in [0.25, 0.3) is 67.0 Å². The van der Waals surface area contributed by atoms with Gasteiger partial charge in [-0.05, 0) is 79.9 Å². The second-order valence-corrected chi connectivity index (χ2v) is 12.4. The van der Waals surface area contributed by atoms with E-state index in [1.54, 1.807) is 0 Å². The molecule has 0 unspecified atom stereocenters. The zero-order valence-electron chi connectivity index (χ0n) is 25.5. The standard InChI is InChI=1S/C44H33N/c1-44(2)40-19-10-9-18-38(40)39-27-36(24-25-41(39)44)35-17-11-16-34(26-35)31-20-22-33(23-21-31)43-29-37(30-12-5-3-6-13-30)28-42(45-43)32-14-7-4-8-15-32/h3-29H,1-2H3. The van der Waals surface area contributed by atoms with Crippen LogP contribution < -0.4 is 0 Å². The van der Waals surface area contributed by atoms with Crippen LogP contribution in [0.4, 0.5) is 0 Å². The molecule has 0 N–H and O–H groups in total. The molecule has 45 heavy (non-hydrogen) atoms. The van der Waals surface area contributed by atoms with Crippen molar-refractivity contribution in [3.63, 3.8) is 0 Å². The summed E-state index contributed by atoms with van der Waals surface area (Å²) in [7, 11) is 0. The van der Waals surface area contributed by atoms with Crippen molar-refractivity contribution in [1.29, 1.82) is 0 Å². The van der Waals surface area contributed by atoms with Gasteiger partial charge in [0, 0.05) is 16.5 Å². The monoisotopic (exact) mass is 575 g/mol. The Labute approximate surface area is 265 Å². The van der Waals surface area contributed by atoms with E-state index in [-0.39, 0.29) is 5.41 Å². The molecule has 1 nitrogen and oxygen atoms in total. The van der Waals surface area contributed by atoms with Crippen LogP contribution in [0.1, 0.15) is 25.0 Å². The molecule has 1 heteroatoms. The van der Waals surface area contributed by atoms with E-state index in [1.165, 1.54) is 50.1 Å². The van der Waals surface area contributed by atoms with Crippen LogP contribution >= 0.6 is 0 Å². The second-order valence-electron chi connectivity index (χ2n) is 12.4. The molecule has 1 aliphatic rings. The molecule has 0 radical (unpaired) electrons. The first-order valence-corrected chi connectivity index (χ1v) is 15.6. The third-order valence-electron chi connectivity index (χ3n) is 9.30. The number of fused-ring (bicyclic) bond motifs is 3. The van der Waals surface area contributed by atoms with E-state index in [1.807, 2.05) is 6.07 Å². The minimum Gasteiger partial charge on any atom is -0.248 e. The Hall–Kier alpha value is -5.53. The van der Waals surface area contributed by atoms with Gasteiger partial charge in [0.15, 0.2) is 0 Å². The van der Waals surface area contributed by atoms with Gasteiger partial charge in [0.25, 0.3) is 0 Å². The van der Waals surface area contributed by atoms with Crippen molar-refractivity contribution in [2.45, 2.75) is 19.3 Å². The Bertz CT molecular complexity index is 2100. The van der Waals surface area contributed by atoms with Crippen LogP contribution in [-0.2, 0) is 5.41 Å². The van der Waals surface area contributed by atoms with E-state index in [2.05, 4.69) is 172 Å². The van der Waals surface area contributed by atoms with Crippen LogP contribution in [0.2, 0.25) is 0 Å². The Morgan fingerprint density at radius 1 is 0.333 bits per heavy atom. The molecule has 0 bridgehead atoms. The van der Waals surface area contributed by atoms with E-state index in [9.17, 15) is 0 Å². The van der Waals surface area contributed by atoms with Gasteiger partial charge in [0.2, 0.25) is 0 Å². The highest BCUT2D eigenvalue weighted by atomic mass is 14.7. The molecule has 1 aromatic heterocycles. The van der Waals surface area contributed by atoms with Crippen LogP contribution in [0.15, 0.2) is 164 Å². The van der Waals surface area contributed by atoms with Gasteiger partial charge < -0.3 is 0 Å². The fourth-order valence-electron chi connectivity index (χ4n) is 6.84. The van der Waals surface area contributed by atoms with Crippen molar-refractivity contribution in [3.8, 4) is 67.0 Å². The second kappa shape index (κ2) is 10.9. The number of aromatic nitrogens is 1. The van der Waals surface area contributed by atoms with Gasteiger partial charge >= 0.3 is 0 Å². The molecule has 214 valence electrons. The SMILES string of the molecule is CC1(C)c2ccccc2-c2cc(-c3cccc(-c4ccc(-c5cc(-c6ccccc6)cc(-c6ccccc6)n5)cc4)c3)ccc21. The fourth-order valence-corrected chi connectivity index (χ4v) is 6.84. The van der Waals surface area contributed by atoms with E-state index in [0.717, 1.165) is 28.1 Å². The Morgan fingerprint density at radius 2 is 0.800 bits per heavy atom. The summed E-state index contributed by atoms with van der Waals surface area (Å²) >= 11 is 0. The van der Waals surface area contributed by atoms with E-state index in [0.29, 0.717) is 0 Å². The van der Waals surface area contributed by atoms with Crippen molar-refractivity contribution in [3.05, 3.63) is 175 Å². The summed E-state index contributed by atoms with van der Waals surface area (Å²) in [6.45, 7) is 4.66. The average Bonchev–Trinajstić information content (AvgIpc) is 3.34. The molecule has 6 aromatic carbocycles.